The van der Waals surface area contributed by atoms with Crippen molar-refractivity contribution in [3.63, 3.8) is 0 Å². The fourth-order valence-corrected chi connectivity index (χ4v) is 3.02. The van der Waals surface area contributed by atoms with Crippen LogP contribution in [0.2, 0.25) is 0 Å². The van der Waals surface area contributed by atoms with E-state index in [1.807, 2.05) is 44.2 Å². The molecule has 0 saturated carbocycles. The third-order valence-electron chi connectivity index (χ3n) is 3.24. The monoisotopic (exact) mass is 427 g/mol. The Hall–Kier alpha value is -1.63. The fraction of sp³-hybridized carbons (Fsp3) is 0.333. The highest BCUT2D eigenvalue weighted by molar-refractivity contribution is 14.1. The van der Waals surface area contributed by atoms with Crippen molar-refractivity contribution in [2.75, 3.05) is 25.6 Å². The van der Waals surface area contributed by atoms with E-state index in [1.165, 1.54) is 0 Å². The Morgan fingerprint density at radius 3 is 2.30 bits per heavy atom. The average molecular weight is 427 g/mol. The van der Waals surface area contributed by atoms with Crippen LogP contribution >= 0.6 is 22.6 Å². The molecular formula is C18H22INO3. The van der Waals surface area contributed by atoms with E-state index in [2.05, 4.69) is 34.0 Å². The summed E-state index contributed by atoms with van der Waals surface area (Å²) >= 11 is 2.28. The molecule has 0 fully saturated rings. The number of benzene rings is 2. The molecule has 124 valence electrons. The summed E-state index contributed by atoms with van der Waals surface area (Å²) in [5, 5.41) is 3.40. The molecule has 0 spiro atoms. The van der Waals surface area contributed by atoms with Gasteiger partial charge in [0.2, 0.25) is 0 Å². The van der Waals surface area contributed by atoms with Crippen LogP contribution in [-0.2, 0) is 6.54 Å². The van der Waals surface area contributed by atoms with Crippen molar-refractivity contribution in [1.82, 2.24) is 0 Å². The SMILES string of the molecule is CCOc1ccc(NCc2cc(I)c(OCC)c(OC)c2)cc1. The van der Waals surface area contributed by atoms with E-state index in [-0.39, 0.29) is 0 Å². The molecule has 0 aliphatic heterocycles. The summed E-state index contributed by atoms with van der Waals surface area (Å²) in [6, 6.07) is 12.1. The molecule has 0 bridgehead atoms. The van der Waals surface area contributed by atoms with Crippen LogP contribution in [0.25, 0.3) is 0 Å². The van der Waals surface area contributed by atoms with Gasteiger partial charge in [-0.3, -0.25) is 0 Å². The van der Waals surface area contributed by atoms with Crippen molar-refractivity contribution >= 4 is 28.3 Å². The summed E-state index contributed by atoms with van der Waals surface area (Å²) < 4.78 is 17.6. The number of anilines is 1. The number of hydrogen-bond donors (Lipinski definition) is 1. The van der Waals surface area contributed by atoms with Crippen LogP contribution in [0.1, 0.15) is 19.4 Å². The van der Waals surface area contributed by atoms with Gasteiger partial charge < -0.3 is 19.5 Å². The summed E-state index contributed by atoms with van der Waals surface area (Å²) in [7, 11) is 1.66. The normalized spacial score (nSPS) is 10.3. The molecule has 2 aromatic carbocycles. The Balaban J connectivity index is 2.06. The highest BCUT2D eigenvalue weighted by Crippen LogP contribution is 2.34. The second-order valence-electron chi connectivity index (χ2n) is 4.85. The van der Waals surface area contributed by atoms with Gasteiger partial charge in [-0.2, -0.15) is 0 Å². The van der Waals surface area contributed by atoms with Crippen molar-refractivity contribution in [3.8, 4) is 17.2 Å². The third-order valence-corrected chi connectivity index (χ3v) is 4.04. The van der Waals surface area contributed by atoms with E-state index in [0.29, 0.717) is 19.8 Å². The van der Waals surface area contributed by atoms with E-state index >= 15 is 0 Å². The molecule has 0 heterocycles. The van der Waals surface area contributed by atoms with Crippen molar-refractivity contribution < 1.29 is 14.2 Å². The predicted octanol–water partition coefficient (Wildman–Crippen LogP) is 4.71. The fourth-order valence-electron chi connectivity index (χ4n) is 2.20. The minimum atomic E-state index is 0.621. The van der Waals surface area contributed by atoms with Gasteiger partial charge in [0.1, 0.15) is 5.75 Å². The zero-order valence-electron chi connectivity index (χ0n) is 13.7. The van der Waals surface area contributed by atoms with Gasteiger partial charge in [-0.1, -0.05) is 0 Å². The first-order chi connectivity index (χ1) is 11.2. The van der Waals surface area contributed by atoms with Gasteiger partial charge in [-0.25, -0.2) is 0 Å². The molecule has 0 unspecified atom stereocenters. The Bertz CT molecular complexity index is 629. The Kier molecular flexibility index (Phi) is 6.83. The molecule has 2 rings (SSSR count). The van der Waals surface area contributed by atoms with E-state index < -0.39 is 0 Å². The van der Waals surface area contributed by atoms with Crippen molar-refractivity contribution in [3.05, 3.63) is 45.5 Å². The highest BCUT2D eigenvalue weighted by Gasteiger charge is 2.11. The number of methoxy groups -OCH3 is 1. The maximum atomic E-state index is 5.65. The molecule has 23 heavy (non-hydrogen) atoms. The quantitative estimate of drug-likeness (QED) is 0.620. The van der Waals surface area contributed by atoms with Gasteiger partial charge in [-0.05, 0) is 78.4 Å². The number of ether oxygens (including phenoxy) is 3. The van der Waals surface area contributed by atoms with E-state index in [9.17, 15) is 0 Å². The Labute approximate surface area is 151 Å². The number of rotatable bonds is 8. The van der Waals surface area contributed by atoms with E-state index in [1.54, 1.807) is 7.11 Å². The predicted molar refractivity (Wildman–Crippen MR) is 102 cm³/mol. The first-order valence-electron chi connectivity index (χ1n) is 7.63. The molecule has 4 nitrogen and oxygen atoms in total. The summed E-state index contributed by atoms with van der Waals surface area (Å²) in [5.41, 5.74) is 2.19. The first-order valence-corrected chi connectivity index (χ1v) is 8.71. The van der Waals surface area contributed by atoms with Crippen molar-refractivity contribution in [2.45, 2.75) is 20.4 Å². The van der Waals surface area contributed by atoms with Crippen LogP contribution in [0.4, 0.5) is 5.69 Å². The number of hydrogen-bond acceptors (Lipinski definition) is 4. The molecule has 0 aromatic heterocycles. The third kappa shape index (κ3) is 4.92. The minimum Gasteiger partial charge on any atom is -0.494 e. The first kappa shape index (κ1) is 17.7. The zero-order valence-corrected chi connectivity index (χ0v) is 15.8. The van der Waals surface area contributed by atoms with Crippen LogP contribution in [0.15, 0.2) is 36.4 Å². The van der Waals surface area contributed by atoms with Gasteiger partial charge >= 0.3 is 0 Å². The lowest BCUT2D eigenvalue weighted by Crippen LogP contribution is -2.03. The standard InChI is InChI=1S/C18H22INO3/c1-4-22-15-8-6-14(7-9-15)20-12-13-10-16(19)18(23-5-2)17(11-13)21-3/h6-11,20H,4-5,12H2,1-3H3. The van der Waals surface area contributed by atoms with Crippen LogP contribution in [0.3, 0.4) is 0 Å². The smallest absolute Gasteiger partial charge is 0.174 e. The lowest BCUT2D eigenvalue weighted by atomic mass is 10.2. The van der Waals surface area contributed by atoms with Gasteiger partial charge in [0, 0.05) is 12.2 Å². The molecule has 0 aliphatic rings. The molecule has 2 aromatic rings. The maximum absolute atomic E-state index is 5.65. The van der Waals surface area contributed by atoms with Gasteiger partial charge in [0.05, 0.1) is 23.9 Å². The lowest BCUT2D eigenvalue weighted by molar-refractivity contribution is 0.308. The van der Waals surface area contributed by atoms with Crippen LogP contribution < -0.4 is 19.5 Å². The zero-order chi connectivity index (χ0) is 16.7. The lowest BCUT2D eigenvalue weighted by Gasteiger charge is -2.14. The maximum Gasteiger partial charge on any atom is 0.174 e. The minimum absolute atomic E-state index is 0.621. The van der Waals surface area contributed by atoms with Gasteiger partial charge in [-0.15, -0.1) is 0 Å². The summed E-state index contributed by atoms with van der Waals surface area (Å²) in [5.74, 6) is 2.46. The Morgan fingerprint density at radius 1 is 1.00 bits per heavy atom. The second-order valence-corrected chi connectivity index (χ2v) is 6.02. The van der Waals surface area contributed by atoms with Crippen molar-refractivity contribution in [1.29, 1.82) is 0 Å². The Morgan fingerprint density at radius 2 is 1.70 bits per heavy atom. The molecule has 1 N–H and O–H groups in total. The molecular weight excluding hydrogens is 405 g/mol. The van der Waals surface area contributed by atoms with E-state index in [4.69, 9.17) is 14.2 Å². The van der Waals surface area contributed by atoms with Crippen LogP contribution in [-0.4, -0.2) is 20.3 Å². The summed E-state index contributed by atoms with van der Waals surface area (Å²) in [4.78, 5) is 0. The molecule has 0 atom stereocenters. The van der Waals surface area contributed by atoms with E-state index in [0.717, 1.165) is 32.1 Å². The summed E-state index contributed by atoms with van der Waals surface area (Å²) in [6.45, 7) is 5.96. The average Bonchev–Trinajstić information content (AvgIpc) is 2.56. The largest absolute Gasteiger partial charge is 0.494 e. The van der Waals surface area contributed by atoms with Crippen LogP contribution in [0, 0.1) is 3.57 Å². The number of nitrogens with one attached hydrogen (secondary N) is 1. The van der Waals surface area contributed by atoms with Crippen molar-refractivity contribution in [2.24, 2.45) is 0 Å². The van der Waals surface area contributed by atoms with Gasteiger partial charge in [0.25, 0.3) is 0 Å². The topological polar surface area (TPSA) is 39.7 Å². The molecule has 5 heteroatoms. The molecule has 0 radical (unpaired) electrons. The molecule has 0 aliphatic carbocycles. The molecule has 0 amide bonds. The number of halogens is 1. The summed E-state index contributed by atoms with van der Waals surface area (Å²) in [6.07, 6.45) is 0. The van der Waals surface area contributed by atoms with Gasteiger partial charge in [0.15, 0.2) is 11.5 Å². The highest BCUT2D eigenvalue weighted by atomic mass is 127. The van der Waals surface area contributed by atoms with Crippen LogP contribution in [0.5, 0.6) is 17.2 Å². The second kappa shape index (κ2) is 8.86. The molecule has 0 saturated heterocycles.